The highest BCUT2D eigenvalue weighted by Gasteiger charge is 2.28. The van der Waals surface area contributed by atoms with Crippen molar-refractivity contribution in [3.05, 3.63) is 0 Å². The van der Waals surface area contributed by atoms with Gasteiger partial charge in [-0.25, -0.2) is 19.4 Å². The van der Waals surface area contributed by atoms with Gasteiger partial charge in [0.1, 0.15) is 17.5 Å². The van der Waals surface area contributed by atoms with Crippen molar-refractivity contribution in [3.63, 3.8) is 0 Å². The van der Waals surface area contributed by atoms with Gasteiger partial charge in [0.25, 0.3) is 0 Å². The van der Waals surface area contributed by atoms with E-state index in [0.717, 1.165) is 0 Å². The largest absolute Gasteiger partial charge is 0.451 e. The van der Waals surface area contributed by atoms with Crippen molar-refractivity contribution in [1.82, 2.24) is 0 Å². The van der Waals surface area contributed by atoms with Gasteiger partial charge >= 0.3 is 11.9 Å². The highest BCUT2D eigenvalue weighted by atomic mass is 35.5. The van der Waals surface area contributed by atoms with Gasteiger partial charge in [-0.3, -0.25) is 0 Å². The van der Waals surface area contributed by atoms with Gasteiger partial charge in [-0.15, -0.1) is 0 Å². The number of ether oxygens (including phenoxy) is 1. The standard InChI is InChI=1S/C11H19ClO6/c1-10(2,3)18-15-7-6-11(4,5)16-8(13)9(14)17-12/h6-7H2,1-5H3. The fourth-order valence-corrected chi connectivity index (χ4v) is 0.944. The monoisotopic (exact) mass is 282 g/mol. The molecule has 18 heavy (non-hydrogen) atoms. The Hall–Kier alpha value is -0.850. The van der Waals surface area contributed by atoms with Crippen molar-refractivity contribution in [2.24, 2.45) is 0 Å². The molecule has 6 nitrogen and oxygen atoms in total. The van der Waals surface area contributed by atoms with Crippen LogP contribution in [0.5, 0.6) is 0 Å². The van der Waals surface area contributed by atoms with Crippen molar-refractivity contribution < 1.29 is 28.4 Å². The van der Waals surface area contributed by atoms with Crippen LogP contribution in [0.1, 0.15) is 41.0 Å². The highest BCUT2D eigenvalue weighted by Crippen LogP contribution is 2.16. The number of hydrogen-bond acceptors (Lipinski definition) is 6. The Balaban J connectivity index is 4.01. The Morgan fingerprint density at radius 1 is 1.06 bits per heavy atom. The number of halogens is 1. The average molecular weight is 283 g/mol. The van der Waals surface area contributed by atoms with Crippen LogP contribution in [0.3, 0.4) is 0 Å². The minimum Gasteiger partial charge on any atom is -0.451 e. The SMILES string of the molecule is CC(C)(C)OOCCC(C)(C)OC(=O)C(=O)OCl. The molecule has 0 amide bonds. The molecule has 0 spiro atoms. The van der Waals surface area contributed by atoms with E-state index in [1.807, 2.05) is 20.8 Å². The molecule has 106 valence electrons. The maximum atomic E-state index is 11.1. The van der Waals surface area contributed by atoms with Crippen LogP contribution in [-0.4, -0.2) is 29.7 Å². The van der Waals surface area contributed by atoms with Gasteiger partial charge in [0.2, 0.25) is 0 Å². The molecule has 0 aromatic rings. The summed E-state index contributed by atoms with van der Waals surface area (Å²) in [6, 6.07) is 0. The van der Waals surface area contributed by atoms with E-state index in [1.54, 1.807) is 13.8 Å². The van der Waals surface area contributed by atoms with Crippen molar-refractivity contribution >= 4 is 23.8 Å². The van der Waals surface area contributed by atoms with Crippen molar-refractivity contribution in [2.45, 2.75) is 52.2 Å². The first-order valence-corrected chi connectivity index (χ1v) is 5.75. The quantitative estimate of drug-likeness (QED) is 0.253. The summed E-state index contributed by atoms with van der Waals surface area (Å²) in [6.07, 6.45) is 0.352. The highest BCUT2D eigenvalue weighted by molar-refractivity contribution is 6.35. The molecule has 0 saturated heterocycles. The van der Waals surface area contributed by atoms with E-state index in [0.29, 0.717) is 6.42 Å². The Morgan fingerprint density at radius 3 is 2.06 bits per heavy atom. The molecule has 0 unspecified atom stereocenters. The van der Waals surface area contributed by atoms with Gasteiger partial charge in [0, 0.05) is 6.42 Å². The van der Waals surface area contributed by atoms with Crippen LogP contribution in [0.2, 0.25) is 0 Å². The molecule has 0 bridgehead atoms. The normalized spacial score (nSPS) is 12.1. The first kappa shape index (κ1) is 17.2. The molecule has 0 heterocycles. The Bertz CT molecular complexity index is 294. The Kier molecular flexibility index (Phi) is 6.59. The zero-order chi connectivity index (χ0) is 14.4. The van der Waals surface area contributed by atoms with E-state index in [-0.39, 0.29) is 6.61 Å². The van der Waals surface area contributed by atoms with E-state index >= 15 is 0 Å². The number of rotatable bonds is 5. The molecular weight excluding hydrogens is 264 g/mol. The first-order chi connectivity index (χ1) is 8.07. The number of hydrogen-bond donors (Lipinski definition) is 0. The van der Waals surface area contributed by atoms with Crippen LogP contribution in [-0.2, 0) is 28.4 Å². The molecule has 0 radical (unpaired) electrons. The summed E-state index contributed by atoms with van der Waals surface area (Å²) >= 11 is 4.76. The first-order valence-electron chi connectivity index (χ1n) is 5.44. The molecule has 0 aliphatic heterocycles. The third kappa shape index (κ3) is 8.27. The summed E-state index contributed by atoms with van der Waals surface area (Å²) in [5, 5.41) is 0. The fourth-order valence-electron chi connectivity index (χ4n) is 0.881. The summed E-state index contributed by atoms with van der Waals surface area (Å²) in [7, 11) is 0. The van der Waals surface area contributed by atoms with Crippen LogP contribution >= 0.6 is 11.9 Å². The lowest BCUT2D eigenvalue weighted by molar-refractivity contribution is -0.351. The van der Waals surface area contributed by atoms with Gasteiger partial charge < -0.3 is 9.03 Å². The van der Waals surface area contributed by atoms with E-state index in [9.17, 15) is 9.59 Å². The predicted molar refractivity (Wildman–Crippen MR) is 63.5 cm³/mol. The van der Waals surface area contributed by atoms with Crippen LogP contribution in [0.4, 0.5) is 0 Å². The summed E-state index contributed by atoms with van der Waals surface area (Å²) in [6.45, 7) is 9.01. The van der Waals surface area contributed by atoms with Crippen molar-refractivity contribution in [1.29, 1.82) is 0 Å². The second kappa shape index (κ2) is 6.92. The van der Waals surface area contributed by atoms with Crippen molar-refractivity contribution in [2.75, 3.05) is 6.61 Å². The van der Waals surface area contributed by atoms with E-state index in [4.69, 9.17) is 26.4 Å². The van der Waals surface area contributed by atoms with E-state index in [1.165, 1.54) is 0 Å². The molecule has 0 aromatic heterocycles. The topological polar surface area (TPSA) is 71.1 Å². The third-order valence-corrected chi connectivity index (χ3v) is 1.84. The summed E-state index contributed by atoms with van der Waals surface area (Å²) in [4.78, 5) is 31.9. The second-order valence-corrected chi connectivity index (χ2v) is 5.44. The summed E-state index contributed by atoms with van der Waals surface area (Å²) in [5.41, 5.74) is -1.30. The van der Waals surface area contributed by atoms with Gasteiger partial charge in [-0.05, 0) is 34.6 Å². The van der Waals surface area contributed by atoms with Gasteiger partial charge in [-0.2, -0.15) is 0 Å². The lowest BCUT2D eigenvalue weighted by atomic mass is 10.1. The number of esters is 1. The molecule has 0 aromatic carbocycles. The summed E-state index contributed by atoms with van der Waals surface area (Å²) in [5.74, 6) is -2.40. The van der Waals surface area contributed by atoms with Crippen LogP contribution < -0.4 is 0 Å². The number of carbonyl (C=O) groups is 2. The molecule has 0 fully saturated rings. The maximum absolute atomic E-state index is 11.1. The van der Waals surface area contributed by atoms with Gasteiger partial charge in [0.15, 0.2) is 0 Å². The molecule has 0 N–H and O–H groups in total. The minimum atomic E-state index is -1.25. The van der Waals surface area contributed by atoms with Gasteiger partial charge in [-0.1, -0.05) is 0 Å². The molecule has 0 atom stereocenters. The third-order valence-electron chi connectivity index (χ3n) is 1.70. The van der Waals surface area contributed by atoms with Gasteiger partial charge in [0.05, 0.1) is 12.2 Å². The van der Waals surface area contributed by atoms with Crippen molar-refractivity contribution in [3.8, 4) is 0 Å². The van der Waals surface area contributed by atoms with E-state index < -0.39 is 23.1 Å². The molecule has 0 saturated carbocycles. The molecule has 0 rings (SSSR count). The van der Waals surface area contributed by atoms with Crippen LogP contribution in [0.15, 0.2) is 0 Å². The lowest BCUT2D eigenvalue weighted by Gasteiger charge is -2.25. The molecule has 0 aliphatic carbocycles. The minimum absolute atomic E-state index is 0.216. The maximum Gasteiger partial charge on any atom is 0.435 e. The van der Waals surface area contributed by atoms with E-state index in [2.05, 4.69) is 4.29 Å². The molecular formula is C11H19ClO6. The molecule has 0 aliphatic rings. The predicted octanol–water partition coefficient (Wildman–Crippen LogP) is 2.14. The fraction of sp³-hybridized carbons (Fsp3) is 0.818. The number of carbonyl (C=O) groups excluding carboxylic acids is 2. The van der Waals surface area contributed by atoms with Crippen LogP contribution in [0.25, 0.3) is 0 Å². The lowest BCUT2D eigenvalue weighted by Crippen LogP contribution is -2.33. The van der Waals surface area contributed by atoms with Crippen LogP contribution in [0, 0.1) is 0 Å². The average Bonchev–Trinajstić information content (AvgIpc) is 2.21. The smallest absolute Gasteiger partial charge is 0.435 e. The Labute approximate surface area is 112 Å². The summed E-state index contributed by atoms with van der Waals surface area (Å²) < 4.78 is 8.62. The zero-order valence-corrected chi connectivity index (χ0v) is 12.0. The molecule has 7 heteroatoms. The second-order valence-electron chi connectivity index (χ2n) is 5.28. The zero-order valence-electron chi connectivity index (χ0n) is 11.2. The Morgan fingerprint density at radius 2 is 1.61 bits per heavy atom.